The molecule has 1 aromatic carbocycles. The number of benzene rings is 1. The summed E-state index contributed by atoms with van der Waals surface area (Å²) in [6.07, 6.45) is 7.08. The van der Waals surface area contributed by atoms with Crippen LogP contribution in [-0.4, -0.2) is 66.5 Å². The number of alkyl carbamates (subject to hydrolysis) is 1. The number of carbonyl (C=O) groups is 2. The molecule has 216 valence electrons. The Labute approximate surface area is 240 Å². The van der Waals surface area contributed by atoms with E-state index in [-0.39, 0.29) is 6.03 Å². The first-order valence-corrected chi connectivity index (χ1v) is 14.2. The number of methoxy groups -OCH3 is 1. The number of anilines is 1. The lowest BCUT2D eigenvalue weighted by Crippen LogP contribution is -2.49. The van der Waals surface area contributed by atoms with Gasteiger partial charge in [0.15, 0.2) is 11.5 Å². The summed E-state index contributed by atoms with van der Waals surface area (Å²) in [7, 11) is 1.62. The van der Waals surface area contributed by atoms with Crippen molar-refractivity contribution < 1.29 is 23.8 Å². The third-order valence-electron chi connectivity index (χ3n) is 6.83. The fraction of sp³-hybridized carbons (Fsp3) is 0.483. The Balaban J connectivity index is 1.49. The van der Waals surface area contributed by atoms with Gasteiger partial charge < -0.3 is 29.0 Å². The molecule has 1 saturated heterocycles. The summed E-state index contributed by atoms with van der Waals surface area (Å²) in [6.45, 7) is 7.34. The molecule has 0 spiro atoms. The largest absolute Gasteiger partial charge is 0.493 e. The maximum Gasteiger partial charge on any atom is 0.407 e. The van der Waals surface area contributed by atoms with E-state index in [1.807, 2.05) is 33.7 Å². The minimum absolute atomic E-state index is 0.0764. The van der Waals surface area contributed by atoms with Crippen LogP contribution in [0.2, 0.25) is 5.02 Å². The molecule has 3 heterocycles. The van der Waals surface area contributed by atoms with Crippen LogP contribution in [0.3, 0.4) is 0 Å². The SMILES string of the molecule is CCCCCOc1cc(N2CCCN(Cc3ccnc4c3c(Cl)cn4CCNC(=O)OCC)C2=O)ccc1OC. The van der Waals surface area contributed by atoms with Gasteiger partial charge in [0.25, 0.3) is 0 Å². The van der Waals surface area contributed by atoms with Crippen molar-refractivity contribution in [2.45, 2.75) is 52.6 Å². The summed E-state index contributed by atoms with van der Waals surface area (Å²) in [5.74, 6) is 1.29. The number of pyridine rings is 1. The molecule has 3 amide bonds. The third-order valence-corrected chi connectivity index (χ3v) is 7.12. The highest BCUT2D eigenvalue weighted by atomic mass is 35.5. The fourth-order valence-corrected chi connectivity index (χ4v) is 5.17. The summed E-state index contributed by atoms with van der Waals surface area (Å²) in [5.41, 5.74) is 2.39. The summed E-state index contributed by atoms with van der Waals surface area (Å²) >= 11 is 6.65. The standard InChI is InChI=1S/C29H38ClN5O5/c1-4-6-7-17-40-25-18-22(9-10-24(25)38-3)35-15-8-14-34(29(35)37)19-21-11-12-31-27-26(21)23(30)20-33(27)16-13-32-28(36)39-5-2/h9-12,18,20H,4-8,13-17,19H2,1-3H3,(H,32,36). The molecular formula is C29H38ClN5O5. The van der Waals surface area contributed by atoms with E-state index >= 15 is 0 Å². The number of ether oxygens (including phenoxy) is 3. The van der Waals surface area contributed by atoms with Crippen molar-refractivity contribution in [1.82, 2.24) is 19.8 Å². The van der Waals surface area contributed by atoms with Crippen molar-refractivity contribution in [1.29, 1.82) is 0 Å². The minimum Gasteiger partial charge on any atom is -0.493 e. The summed E-state index contributed by atoms with van der Waals surface area (Å²) < 4.78 is 18.3. The number of carbonyl (C=O) groups excluding carboxylic acids is 2. The zero-order chi connectivity index (χ0) is 28.5. The van der Waals surface area contributed by atoms with Gasteiger partial charge >= 0.3 is 12.1 Å². The maximum absolute atomic E-state index is 13.7. The Bertz CT molecular complexity index is 1310. The Hall–Kier alpha value is -3.66. The molecule has 0 saturated carbocycles. The highest BCUT2D eigenvalue weighted by Gasteiger charge is 2.28. The number of aromatic nitrogens is 2. The molecule has 40 heavy (non-hydrogen) atoms. The van der Waals surface area contributed by atoms with Crippen molar-refractivity contribution in [2.75, 3.05) is 44.9 Å². The average Bonchev–Trinajstić information content (AvgIpc) is 3.28. The van der Waals surface area contributed by atoms with Crippen molar-refractivity contribution in [3.8, 4) is 11.5 Å². The van der Waals surface area contributed by atoms with Crippen LogP contribution in [0.4, 0.5) is 15.3 Å². The van der Waals surface area contributed by atoms with Gasteiger partial charge in [-0.15, -0.1) is 0 Å². The van der Waals surface area contributed by atoms with Crippen LogP contribution in [-0.2, 0) is 17.8 Å². The molecule has 0 radical (unpaired) electrons. The van der Waals surface area contributed by atoms with E-state index in [9.17, 15) is 9.59 Å². The molecule has 10 nitrogen and oxygen atoms in total. The molecular weight excluding hydrogens is 534 g/mol. The zero-order valence-corrected chi connectivity index (χ0v) is 24.2. The number of unbranched alkanes of at least 4 members (excludes halogenated alkanes) is 2. The number of urea groups is 1. The molecule has 0 unspecified atom stereocenters. The van der Waals surface area contributed by atoms with Gasteiger partial charge in [0, 0.05) is 62.3 Å². The second-order valence-corrected chi connectivity index (χ2v) is 9.99. The molecule has 4 rings (SSSR count). The highest BCUT2D eigenvalue weighted by Crippen LogP contribution is 2.34. The maximum atomic E-state index is 13.7. The van der Waals surface area contributed by atoms with E-state index in [4.69, 9.17) is 25.8 Å². The molecule has 0 bridgehead atoms. The second kappa shape index (κ2) is 14.1. The Kier molecular flexibility index (Phi) is 10.3. The van der Waals surface area contributed by atoms with Crippen LogP contribution < -0.4 is 19.7 Å². The third kappa shape index (κ3) is 6.91. The van der Waals surface area contributed by atoms with E-state index in [2.05, 4.69) is 17.2 Å². The Morgan fingerprint density at radius 2 is 2.00 bits per heavy atom. The van der Waals surface area contributed by atoms with Gasteiger partial charge in [-0.2, -0.15) is 0 Å². The van der Waals surface area contributed by atoms with Crippen molar-refractivity contribution in [2.24, 2.45) is 0 Å². The lowest BCUT2D eigenvalue weighted by atomic mass is 10.1. The first-order valence-electron chi connectivity index (χ1n) is 13.9. The van der Waals surface area contributed by atoms with Crippen LogP contribution in [0.25, 0.3) is 11.0 Å². The zero-order valence-electron chi connectivity index (χ0n) is 23.5. The van der Waals surface area contributed by atoms with Crippen molar-refractivity contribution in [3.05, 3.63) is 47.2 Å². The predicted molar refractivity (Wildman–Crippen MR) is 156 cm³/mol. The van der Waals surface area contributed by atoms with Crippen LogP contribution >= 0.6 is 11.6 Å². The number of nitrogens with one attached hydrogen (secondary N) is 1. The fourth-order valence-electron chi connectivity index (χ4n) is 4.85. The lowest BCUT2D eigenvalue weighted by Gasteiger charge is -2.36. The minimum atomic E-state index is -0.459. The molecule has 1 fully saturated rings. The van der Waals surface area contributed by atoms with Crippen LogP contribution in [0, 0.1) is 0 Å². The van der Waals surface area contributed by atoms with Crippen molar-refractivity contribution in [3.63, 3.8) is 0 Å². The average molecular weight is 572 g/mol. The Morgan fingerprint density at radius 3 is 2.77 bits per heavy atom. The number of fused-ring (bicyclic) bond motifs is 1. The molecule has 1 aliphatic rings. The summed E-state index contributed by atoms with van der Waals surface area (Å²) in [5, 5.41) is 4.07. The number of nitrogens with zero attached hydrogens (tertiary/aromatic N) is 4. The van der Waals surface area contributed by atoms with E-state index in [1.165, 1.54) is 0 Å². The predicted octanol–water partition coefficient (Wildman–Crippen LogP) is 5.85. The van der Waals surface area contributed by atoms with E-state index < -0.39 is 6.09 Å². The molecule has 0 atom stereocenters. The summed E-state index contributed by atoms with van der Waals surface area (Å²) in [4.78, 5) is 33.4. The number of amides is 3. The second-order valence-electron chi connectivity index (χ2n) is 9.59. The van der Waals surface area contributed by atoms with Crippen molar-refractivity contribution >= 4 is 40.4 Å². The molecule has 1 N–H and O–H groups in total. The smallest absolute Gasteiger partial charge is 0.407 e. The van der Waals surface area contributed by atoms with Gasteiger partial charge in [-0.1, -0.05) is 31.4 Å². The van der Waals surface area contributed by atoms with E-state index in [0.29, 0.717) is 68.1 Å². The molecule has 3 aromatic rings. The normalized spacial score (nSPS) is 13.6. The number of rotatable bonds is 13. The van der Waals surface area contributed by atoms with E-state index in [0.717, 1.165) is 42.3 Å². The topological polar surface area (TPSA) is 98.2 Å². The lowest BCUT2D eigenvalue weighted by molar-refractivity contribution is 0.152. The monoisotopic (exact) mass is 571 g/mol. The number of halogens is 1. The highest BCUT2D eigenvalue weighted by molar-refractivity contribution is 6.35. The first kappa shape index (κ1) is 29.3. The molecule has 2 aromatic heterocycles. The number of hydrogen-bond donors (Lipinski definition) is 1. The van der Waals surface area contributed by atoms with Gasteiger partial charge in [-0.05, 0) is 43.5 Å². The molecule has 1 aliphatic heterocycles. The van der Waals surface area contributed by atoms with Crippen LogP contribution in [0.15, 0.2) is 36.7 Å². The van der Waals surface area contributed by atoms with Gasteiger partial charge in [-0.25, -0.2) is 14.6 Å². The number of hydrogen-bond acceptors (Lipinski definition) is 6. The molecule has 0 aliphatic carbocycles. The van der Waals surface area contributed by atoms with Gasteiger partial charge in [-0.3, -0.25) is 4.90 Å². The van der Waals surface area contributed by atoms with Gasteiger partial charge in [0.05, 0.1) is 25.3 Å². The summed E-state index contributed by atoms with van der Waals surface area (Å²) in [6, 6.07) is 7.45. The van der Waals surface area contributed by atoms with E-state index in [1.54, 1.807) is 31.3 Å². The quantitative estimate of drug-likeness (QED) is 0.259. The Morgan fingerprint density at radius 1 is 1.15 bits per heavy atom. The van der Waals surface area contributed by atoms with Gasteiger partial charge in [0.1, 0.15) is 5.65 Å². The van der Waals surface area contributed by atoms with Crippen LogP contribution in [0.1, 0.15) is 45.1 Å². The van der Waals surface area contributed by atoms with Crippen LogP contribution in [0.5, 0.6) is 11.5 Å². The molecule has 11 heteroatoms. The first-order chi connectivity index (χ1) is 19.5. The van der Waals surface area contributed by atoms with Gasteiger partial charge in [0.2, 0.25) is 0 Å².